The Morgan fingerprint density at radius 3 is 2.54 bits per heavy atom. The van der Waals surface area contributed by atoms with Crippen LogP contribution in [-0.2, 0) is 16.0 Å². The molecule has 1 aliphatic rings. The number of nitrogens with zero attached hydrogens (tertiary/aromatic N) is 1. The molecule has 2 aromatic rings. The topological polar surface area (TPSA) is 49.4 Å². The van der Waals surface area contributed by atoms with E-state index in [2.05, 4.69) is 5.32 Å². The lowest BCUT2D eigenvalue weighted by Crippen LogP contribution is -2.37. The largest absolute Gasteiger partial charge is 0.351 e. The van der Waals surface area contributed by atoms with Crippen molar-refractivity contribution in [3.63, 3.8) is 0 Å². The lowest BCUT2D eigenvalue weighted by Gasteiger charge is -2.17. The lowest BCUT2D eigenvalue weighted by molar-refractivity contribution is -0.121. The molecule has 0 saturated carbocycles. The Bertz CT molecular complexity index is 772. The van der Waals surface area contributed by atoms with Crippen LogP contribution in [0.4, 0.5) is 5.69 Å². The van der Waals surface area contributed by atoms with E-state index in [9.17, 15) is 9.59 Å². The summed E-state index contributed by atoms with van der Waals surface area (Å²) in [6.45, 7) is 2.55. The third-order valence-electron chi connectivity index (χ3n) is 4.62. The average molecular weight is 371 g/mol. The van der Waals surface area contributed by atoms with Gasteiger partial charge in [0.2, 0.25) is 11.8 Å². The minimum absolute atomic E-state index is 0.00233. The van der Waals surface area contributed by atoms with E-state index in [1.807, 2.05) is 55.5 Å². The van der Waals surface area contributed by atoms with Gasteiger partial charge < -0.3 is 10.2 Å². The minimum Gasteiger partial charge on any atom is -0.351 e. The van der Waals surface area contributed by atoms with Crippen molar-refractivity contribution < 1.29 is 9.59 Å². The maximum absolute atomic E-state index is 12.2. The van der Waals surface area contributed by atoms with Gasteiger partial charge >= 0.3 is 0 Å². The molecule has 1 fully saturated rings. The fourth-order valence-electron chi connectivity index (χ4n) is 3.18. The molecule has 26 heavy (non-hydrogen) atoms. The molecule has 1 heterocycles. The van der Waals surface area contributed by atoms with E-state index in [-0.39, 0.29) is 17.9 Å². The number of rotatable bonds is 6. The van der Waals surface area contributed by atoms with Gasteiger partial charge in [0.25, 0.3) is 0 Å². The Morgan fingerprint density at radius 1 is 1.15 bits per heavy atom. The van der Waals surface area contributed by atoms with E-state index in [0.29, 0.717) is 19.4 Å². The number of carbonyl (C=O) groups excluding carboxylic acids is 2. The van der Waals surface area contributed by atoms with Gasteiger partial charge in [0.05, 0.1) is 6.04 Å². The summed E-state index contributed by atoms with van der Waals surface area (Å²) in [5, 5.41) is 3.71. The molecule has 1 N–H and O–H groups in total. The van der Waals surface area contributed by atoms with Crippen molar-refractivity contribution in [3.8, 4) is 0 Å². The minimum atomic E-state index is -0.119. The van der Waals surface area contributed by atoms with Gasteiger partial charge in [-0.05, 0) is 49.6 Å². The zero-order chi connectivity index (χ0) is 18.5. The first kappa shape index (κ1) is 18.5. The Labute approximate surface area is 159 Å². The summed E-state index contributed by atoms with van der Waals surface area (Å²) in [5.74, 6) is 0.0582. The number of halogens is 1. The summed E-state index contributed by atoms with van der Waals surface area (Å²) in [4.78, 5) is 26.2. The van der Waals surface area contributed by atoms with Crippen molar-refractivity contribution in [1.82, 2.24) is 5.32 Å². The number of carbonyl (C=O) groups is 2. The number of benzene rings is 2. The van der Waals surface area contributed by atoms with Gasteiger partial charge in [-0.3, -0.25) is 9.59 Å². The number of nitrogens with one attached hydrogen (secondary N) is 1. The van der Waals surface area contributed by atoms with Crippen molar-refractivity contribution >= 4 is 29.1 Å². The van der Waals surface area contributed by atoms with Crippen LogP contribution in [0, 0.1) is 6.92 Å². The second-order valence-corrected chi connectivity index (χ2v) is 7.22. The highest BCUT2D eigenvalue weighted by molar-refractivity contribution is 6.30. The molecule has 2 aromatic carbocycles. The van der Waals surface area contributed by atoms with Crippen LogP contribution in [0.3, 0.4) is 0 Å². The molecule has 0 spiro atoms. The lowest BCUT2D eigenvalue weighted by atomic mass is 10.1. The second-order valence-electron chi connectivity index (χ2n) is 6.79. The van der Waals surface area contributed by atoms with Gasteiger partial charge in [-0.1, -0.05) is 41.4 Å². The van der Waals surface area contributed by atoms with Crippen LogP contribution < -0.4 is 10.2 Å². The SMILES string of the molecule is Cc1ccc(N2CC(NC(=O)CCCc3ccc(Cl)cc3)CC2=O)cc1. The first-order valence-electron chi connectivity index (χ1n) is 8.92. The third-order valence-corrected chi connectivity index (χ3v) is 4.87. The van der Waals surface area contributed by atoms with Gasteiger partial charge in [-0.2, -0.15) is 0 Å². The third kappa shape index (κ3) is 4.85. The number of hydrogen-bond donors (Lipinski definition) is 1. The Morgan fingerprint density at radius 2 is 1.85 bits per heavy atom. The molecule has 4 nitrogen and oxygen atoms in total. The van der Waals surface area contributed by atoms with E-state index >= 15 is 0 Å². The smallest absolute Gasteiger partial charge is 0.229 e. The van der Waals surface area contributed by atoms with Crippen molar-refractivity contribution in [2.75, 3.05) is 11.4 Å². The molecule has 0 radical (unpaired) electrons. The maximum Gasteiger partial charge on any atom is 0.229 e. The van der Waals surface area contributed by atoms with Crippen LogP contribution in [0.25, 0.3) is 0 Å². The Hall–Kier alpha value is -2.33. The normalized spacial score (nSPS) is 16.8. The second kappa shape index (κ2) is 8.37. The van der Waals surface area contributed by atoms with Crippen molar-refractivity contribution in [2.24, 2.45) is 0 Å². The molecule has 1 unspecified atom stereocenters. The number of hydrogen-bond acceptors (Lipinski definition) is 2. The van der Waals surface area contributed by atoms with E-state index < -0.39 is 0 Å². The molecular formula is C21H23ClN2O2. The van der Waals surface area contributed by atoms with Crippen molar-refractivity contribution in [2.45, 2.75) is 38.6 Å². The van der Waals surface area contributed by atoms with Crippen molar-refractivity contribution in [3.05, 3.63) is 64.7 Å². The average Bonchev–Trinajstić information content (AvgIpc) is 2.97. The van der Waals surface area contributed by atoms with Crippen LogP contribution in [0.1, 0.15) is 30.4 Å². The molecule has 1 atom stereocenters. The summed E-state index contributed by atoms with van der Waals surface area (Å²) in [6.07, 6.45) is 2.42. The van der Waals surface area contributed by atoms with Crippen LogP contribution in [0.15, 0.2) is 48.5 Å². The number of amides is 2. The summed E-state index contributed by atoms with van der Waals surface area (Å²) >= 11 is 5.87. The molecule has 2 amide bonds. The molecule has 0 bridgehead atoms. The highest BCUT2D eigenvalue weighted by atomic mass is 35.5. The standard InChI is InChI=1S/C21H23ClN2O2/c1-15-5-11-19(12-6-15)24-14-18(13-21(24)26)23-20(25)4-2-3-16-7-9-17(22)10-8-16/h5-12,18H,2-4,13-14H2,1H3,(H,23,25). The predicted octanol–water partition coefficient (Wildman–Crippen LogP) is 3.89. The van der Waals surface area contributed by atoms with Gasteiger partial charge in [0, 0.05) is 30.1 Å². The number of aryl methyl sites for hydroxylation is 2. The summed E-state index contributed by atoms with van der Waals surface area (Å²) < 4.78 is 0. The molecule has 136 valence electrons. The van der Waals surface area contributed by atoms with Gasteiger partial charge in [-0.25, -0.2) is 0 Å². The first-order valence-corrected chi connectivity index (χ1v) is 9.30. The summed E-state index contributed by atoms with van der Waals surface area (Å²) in [6, 6.07) is 15.4. The van der Waals surface area contributed by atoms with E-state index in [1.54, 1.807) is 4.90 Å². The monoisotopic (exact) mass is 370 g/mol. The maximum atomic E-state index is 12.2. The fourth-order valence-corrected chi connectivity index (χ4v) is 3.31. The van der Waals surface area contributed by atoms with E-state index in [1.165, 1.54) is 5.56 Å². The molecule has 5 heteroatoms. The predicted molar refractivity (Wildman–Crippen MR) is 104 cm³/mol. The quantitative estimate of drug-likeness (QED) is 0.838. The van der Waals surface area contributed by atoms with E-state index in [4.69, 9.17) is 11.6 Å². The van der Waals surface area contributed by atoms with Crippen LogP contribution >= 0.6 is 11.6 Å². The molecule has 0 aliphatic carbocycles. The first-order chi connectivity index (χ1) is 12.5. The molecule has 1 aliphatic heterocycles. The fraction of sp³-hybridized carbons (Fsp3) is 0.333. The molecule has 1 saturated heterocycles. The van der Waals surface area contributed by atoms with Gasteiger partial charge in [0.1, 0.15) is 0 Å². The Kier molecular flexibility index (Phi) is 5.94. The zero-order valence-electron chi connectivity index (χ0n) is 14.9. The Balaban J connectivity index is 1.45. The van der Waals surface area contributed by atoms with Crippen LogP contribution in [0.2, 0.25) is 5.02 Å². The van der Waals surface area contributed by atoms with Crippen LogP contribution in [0.5, 0.6) is 0 Å². The van der Waals surface area contributed by atoms with Crippen molar-refractivity contribution in [1.29, 1.82) is 0 Å². The van der Waals surface area contributed by atoms with Gasteiger partial charge in [0.15, 0.2) is 0 Å². The molecule has 0 aromatic heterocycles. The number of anilines is 1. The summed E-state index contributed by atoms with van der Waals surface area (Å²) in [7, 11) is 0. The van der Waals surface area contributed by atoms with Gasteiger partial charge in [-0.15, -0.1) is 0 Å². The molecular weight excluding hydrogens is 348 g/mol. The zero-order valence-corrected chi connectivity index (χ0v) is 15.6. The highest BCUT2D eigenvalue weighted by Crippen LogP contribution is 2.22. The summed E-state index contributed by atoms with van der Waals surface area (Å²) in [5.41, 5.74) is 3.22. The molecule has 3 rings (SSSR count). The van der Waals surface area contributed by atoms with E-state index in [0.717, 1.165) is 29.1 Å². The van der Waals surface area contributed by atoms with Crippen LogP contribution in [-0.4, -0.2) is 24.4 Å². The highest BCUT2D eigenvalue weighted by Gasteiger charge is 2.31.